The van der Waals surface area contributed by atoms with Crippen molar-refractivity contribution >= 4 is 34.6 Å². The zero-order chi connectivity index (χ0) is 18.8. The molecule has 0 unspecified atom stereocenters. The van der Waals surface area contributed by atoms with Gasteiger partial charge in [-0.15, -0.1) is 0 Å². The molecule has 2 heterocycles. The van der Waals surface area contributed by atoms with Crippen molar-refractivity contribution in [1.29, 1.82) is 0 Å². The number of aromatic nitrogens is 2. The highest BCUT2D eigenvalue weighted by Gasteiger charge is 2.29. The van der Waals surface area contributed by atoms with E-state index in [1.807, 2.05) is 13.8 Å². The Kier molecular flexibility index (Phi) is 5.31. The van der Waals surface area contributed by atoms with Crippen molar-refractivity contribution in [3.05, 3.63) is 34.1 Å². The molecule has 0 amide bonds. The van der Waals surface area contributed by atoms with Gasteiger partial charge in [0.05, 0.1) is 30.2 Å². The van der Waals surface area contributed by atoms with Gasteiger partial charge in [-0.1, -0.05) is 25.6 Å². The summed E-state index contributed by atoms with van der Waals surface area (Å²) >= 11 is 1.24. The summed E-state index contributed by atoms with van der Waals surface area (Å²) in [4.78, 5) is 41.1. The number of methoxy groups -OCH3 is 1. The van der Waals surface area contributed by atoms with Crippen LogP contribution in [0.5, 0.6) is 0 Å². The molecule has 26 heavy (non-hydrogen) atoms. The maximum absolute atomic E-state index is 13.0. The van der Waals surface area contributed by atoms with Gasteiger partial charge in [-0.2, -0.15) is 0 Å². The topological polar surface area (TPSA) is 87.5 Å². The first-order chi connectivity index (χ1) is 12.4. The first kappa shape index (κ1) is 18.4. The number of fused-ring (bicyclic) bond motifs is 1. The maximum Gasteiger partial charge on any atom is 0.337 e. The van der Waals surface area contributed by atoms with E-state index in [4.69, 9.17) is 9.47 Å². The minimum absolute atomic E-state index is 0.186. The number of hydrogen-bond donors (Lipinski definition) is 0. The first-order valence-electron chi connectivity index (χ1n) is 8.37. The third-order valence-electron chi connectivity index (χ3n) is 4.02. The van der Waals surface area contributed by atoms with E-state index in [1.54, 1.807) is 22.8 Å². The number of esters is 2. The Bertz CT molecular complexity index is 922. The van der Waals surface area contributed by atoms with Crippen molar-refractivity contribution in [2.45, 2.75) is 37.2 Å². The van der Waals surface area contributed by atoms with Gasteiger partial charge < -0.3 is 9.47 Å². The van der Waals surface area contributed by atoms with E-state index in [0.29, 0.717) is 41.2 Å². The van der Waals surface area contributed by atoms with E-state index >= 15 is 0 Å². The van der Waals surface area contributed by atoms with Gasteiger partial charge in [0, 0.05) is 13.0 Å². The van der Waals surface area contributed by atoms with Gasteiger partial charge >= 0.3 is 11.9 Å². The molecule has 7 nitrogen and oxygen atoms in total. The van der Waals surface area contributed by atoms with Crippen molar-refractivity contribution in [2.75, 3.05) is 13.7 Å². The summed E-state index contributed by atoms with van der Waals surface area (Å²) in [5.74, 6) is -0.548. The smallest absolute Gasteiger partial charge is 0.337 e. The van der Waals surface area contributed by atoms with Crippen LogP contribution in [0.2, 0.25) is 0 Å². The monoisotopic (exact) mass is 376 g/mol. The molecule has 1 atom stereocenters. The van der Waals surface area contributed by atoms with Gasteiger partial charge in [0.15, 0.2) is 5.16 Å². The van der Waals surface area contributed by atoms with Crippen molar-refractivity contribution in [2.24, 2.45) is 5.92 Å². The predicted octanol–water partition coefficient (Wildman–Crippen LogP) is 2.25. The number of thioether (sulfide) groups is 1. The lowest BCUT2D eigenvalue weighted by molar-refractivity contribution is -0.137. The van der Waals surface area contributed by atoms with Crippen LogP contribution in [0.3, 0.4) is 0 Å². The van der Waals surface area contributed by atoms with Crippen molar-refractivity contribution < 1.29 is 19.1 Å². The van der Waals surface area contributed by atoms with Crippen LogP contribution < -0.4 is 5.56 Å². The van der Waals surface area contributed by atoms with Gasteiger partial charge in [-0.05, 0) is 24.1 Å². The molecule has 0 aliphatic carbocycles. The summed E-state index contributed by atoms with van der Waals surface area (Å²) in [6.07, 6.45) is 0.585. The van der Waals surface area contributed by atoms with E-state index in [2.05, 4.69) is 4.98 Å². The molecule has 0 bridgehead atoms. The number of rotatable bonds is 5. The number of carbonyl (C=O) groups excluding carboxylic acids is 2. The summed E-state index contributed by atoms with van der Waals surface area (Å²) in [5.41, 5.74) is 0.547. The van der Waals surface area contributed by atoms with Crippen LogP contribution in [0.25, 0.3) is 10.9 Å². The number of nitrogens with zero attached hydrogens (tertiary/aromatic N) is 2. The number of benzene rings is 1. The zero-order valence-corrected chi connectivity index (χ0v) is 15.7. The minimum Gasteiger partial charge on any atom is -0.465 e. The van der Waals surface area contributed by atoms with Gasteiger partial charge in [0.2, 0.25) is 0 Å². The fraction of sp³-hybridized carbons (Fsp3) is 0.444. The summed E-state index contributed by atoms with van der Waals surface area (Å²) in [6.45, 7) is 4.89. The molecule has 0 radical (unpaired) electrons. The Hall–Kier alpha value is -2.35. The number of ether oxygens (including phenoxy) is 2. The molecule has 3 rings (SSSR count). The largest absolute Gasteiger partial charge is 0.465 e. The van der Waals surface area contributed by atoms with Crippen LogP contribution in [-0.4, -0.2) is 40.5 Å². The Labute approximate surface area is 154 Å². The average Bonchev–Trinajstić information content (AvgIpc) is 3.01. The molecular weight excluding hydrogens is 356 g/mol. The average molecular weight is 376 g/mol. The summed E-state index contributed by atoms with van der Waals surface area (Å²) < 4.78 is 11.3. The maximum atomic E-state index is 13.0. The molecule has 138 valence electrons. The van der Waals surface area contributed by atoms with E-state index in [-0.39, 0.29) is 22.7 Å². The molecule has 2 aromatic rings. The highest BCUT2D eigenvalue weighted by Crippen LogP contribution is 2.29. The number of carbonyl (C=O) groups is 2. The van der Waals surface area contributed by atoms with Gasteiger partial charge in [-0.25, -0.2) is 9.78 Å². The van der Waals surface area contributed by atoms with Crippen LogP contribution in [0.4, 0.5) is 0 Å². The highest BCUT2D eigenvalue weighted by atomic mass is 32.2. The van der Waals surface area contributed by atoms with Crippen molar-refractivity contribution in [1.82, 2.24) is 9.55 Å². The van der Waals surface area contributed by atoms with Gasteiger partial charge in [-0.3, -0.25) is 14.2 Å². The molecule has 0 spiro atoms. The molecule has 1 aliphatic heterocycles. The van der Waals surface area contributed by atoms with E-state index in [1.165, 1.54) is 18.9 Å². The summed E-state index contributed by atoms with van der Waals surface area (Å²) in [5, 5.41) is 0.514. The zero-order valence-electron chi connectivity index (χ0n) is 14.9. The van der Waals surface area contributed by atoms with Crippen LogP contribution in [0.1, 0.15) is 30.6 Å². The van der Waals surface area contributed by atoms with E-state index in [9.17, 15) is 14.4 Å². The molecule has 1 saturated heterocycles. The van der Waals surface area contributed by atoms with Crippen molar-refractivity contribution in [3.8, 4) is 0 Å². The normalized spacial score (nSPS) is 16.9. The molecule has 8 heteroatoms. The molecule has 0 saturated carbocycles. The summed E-state index contributed by atoms with van der Waals surface area (Å²) in [6, 6.07) is 4.68. The third-order valence-corrected chi connectivity index (χ3v) is 5.26. The van der Waals surface area contributed by atoms with E-state index < -0.39 is 5.97 Å². The lowest BCUT2D eigenvalue weighted by atomic mass is 10.1. The van der Waals surface area contributed by atoms with Crippen molar-refractivity contribution in [3.63, 3.8) is 0 Å². The second-order valence-electron chi connectivity index (χ2n) is 6.49. The van der Waals surface area contributed by atoms with Gasteiger partial charge in [0.1, 0.15) is 5.25 Å². The highest BCUT2D eigenvalue weighted by molar-refractivity contribution is 8.00. The molecule has 0 N–H and O–H groups in total. The molecule has 1 aromatic heterocycles. The molecule has 1 fully saturated rings. The van der Waals surface area contributed by atoms with Crippen LogP contribution in [0, 0.1) is 5.92 Å². The lowest BCUT2D eigenvalue weighted by Crippen LogP contribution is -2.26. The van der Waals surface area contributed by atoms with Crippen LogP contribution in [-0.2, 0) is 20.8 Å². The second-order valence-corrected chi connectivity index (χ2v) is 7.66. The Morgan fingerprint density at radius 2 is 2.19 bits per heavy atom. The predicted molar refractivity (Wildman–Crippen MR) is 97.4 cm³/mol. The Morgan fingerprint density at radius 1 is 1.42 bits per heavy atom. The molecule has 1 aromatic carbocycles. The number of cyclic esters (lactones) is 1. The van der Waals surface area contributed by atoms with Crippen LogP contribution in [0.15, 0.2) is 28.2 Å². The minimum atomic E-state index is -0.492. The molecular formula is C18H20N2O5S. The fourth-order valence-corrected chi connectivity index (χ4v) is 3.84. The SMILES string of the molecule is COC(=O)c1ccc2c(=O)n(CC(C)C)c(S[C@@H]3CCOC3=O)nc2c1. The summed E-state index contributed by atoms with van der Waals surface area (Å²) in [7, 11) is 1.30. The Balaban J connectivity index is 2.13. The third kappa shape index (κ3) is 3.60. The molecule has 1 aliphatic rings. The number of hydrogen-bond acceptors (Lipinski definition) is 7. The van der Waals surface area contributed by atoms with Gasteiger partial charge in [0.25, 0.3) is 5.56 Å². The standard InChI is InChI=1S/C18H20N2O5S/c1-10(2)9-20-15(21)12-5-4-11(16(22)24-3)8-13(12)19-18(20)26-14-6-7-25-17(14)23/h4-5,8,10,14H,6-7,9H2,1-3H3/t14-/m1/s1. The Morgan fingerprint density at radius 3 is 2.81 bits per heavy atom. The second kappa shape index (κ2) is 7.49. The van der Waals surface area contributed by atoms with Crippen LogP contribution >= 0.6 is 11.8 Å². The lowest BCUT2D eigenvalue weighted by Gasteiger charge is -2.16. The first-order valence-corrected chi connectivity index (χ1v) is 9.25. The quantitative estimate of drug-likeness (QED) is 0.584. The fourth-order valence-electron chi connectivity index (χ4n) is 2.77. The van der Waals surface area contributed by atoms with E-state index in [0.717, 1.165) is 0 Å².